The van der Waals surface area contributed by atoms with Crippen molar-refractivity contribution in [2.75, 3.05) is 17.8 Å². The van der Waals surface area contributed by atoms with E-state index in [-0.39, 0.29) is 12.2 Å². The first kappa shape index (κ1) is 13.7. The number of rotatable bonds is 7. The lowest BCUT2D eigenvalue weighted by Gasteiger charge is -2.18. The second kappa shape index (κ2) is 6.26. The number of carboxylic acids is 1. The van der Waals surface area contributed by atoms with Crippen molar-refractivity contribution >= 4 is 27.8 Å². The van der Waals surface area contributed by atoms with Crippen LogP contribution in [0.2, 0.25) is 0 Å². The Morgan fingerprint density at radius 2 is 2.14 bits per heavy atom. The van der Waals surface area contributed by atoms with Crippen LogP contribution in [0.5, 0.6) is 0 Å². The molecule has 7 heteroatoms. The summed E-state index contributed by atoms with van der Waals surface area (Å²) in [7, 11) is -3.47. The van der Waals surface area contributed by atoms with Crippen LogP contribution in [0.4, 0.5) is 0 Å². The molecule has 0 saturated heterocycles. The Labute approximate surface area is 88.3 Å². The highest BCUT2D eigenvalue weighted by molar-refractivity contribution is 7.98. The summed E-state index contributed by atoms with van der Waals surface area (Å²) in [6.07, 6.45) is 2.06. The van der Waals surface area contributed by atoms with Crippen molar-refractivity contribution in [1.29, 1.82) is 0 Å². The monoisotopic (exact) mass is 240 g/mol. The first-order valence-electron chi connectivity index (χ1n) is 4.12. The third-order valence-corrected chi connectivity index (χ3v) is 3.64. The van der Waals surface area contributed by atoms with Crippen LogP contribution in [-0.4, -0.2) is 38.2 Å². The zero-order chi connectivity index (χ0) is 11.2. The zero-order valence-electron chi connectivity index (χ0n) is 8.15. The van der Waals surface area contributed by atoms with Gasteiger partial charge in [-0.2, -0.15) is 11.8 Å². The number of carbonyl (C=O) groups excluding carboxylic acids is 1. The Morgan fingerprint density at radius 1 is 1.57 bits per heavy atom. The van der Waals surface area contributed by atoms with Crippen LogP contribution in [-0.2, 0) is 14.8 Å². The molecule has 0 aromatic heterocycles. The standard InChI is InChI=1S/C7H15NO4S2/c1-3-14(11,12)8-6(7(9)10)4-5-13-2/h6,8H,3-5H2,1-2H3,(H,9,10)/p-1/t6-/m1/s1. The molecule has 14 heavy (non-hydrogen) atoms. The smallest absolute Gasteiger partial charge is 0.211 e. The number of sulfonamides is 1. The van der Waals surface area contributed by atoms with Crippen molar-refractivity contribution in [3.05, 3.63) is 0 Å². The molecule has 0 fully saturated rings. The number of aliphatic carboxylic acids is 1. The molecule has 0 unspecified atom stereocenters. The van der Waals surface area contributed by atoms with Crippen LogP contribution < -0.4 is 9.83 Å². The maximum Gasteiger partial charge on any atom is 0.211 e. The molecule has 1 atom stereocenters. The van der Waals surface area contributed by atoms with Crippen molar-refractivity contribution in [1.82, 2.24) is 4.72 Å². The van der Waals surface area contributed by atoms with Gasteiger partial charge in [0, 0.05) is 0 Å². The molecule has 5 nitrogen and oxygen atoms in total. The van der Waals surface area contributed by atoms with E-state index in [1.807, 2.05) is 6.26 Å². The minimum absolute atomic E-state index is 0.129. The van der Waals surface area contributed by atoms with E-state index in [2.05, 4.69) is 4.72 Å². The van der Waals surface area contributed by atoms with Gasteiger partial charge in [0.05, 0.1) is 17.8 Å². The number of nitrogens with one attached hydrogen (secondary N) is 1. The quantitative estimate of drug-likeness (QED) is 0.604. The predicted octanol–water partition coefficient (Wildman–Crippen LogP) is -1.20. The largest absolute Gasteiger partial charge is 0.548 e. The number of hydrogen-bond donors (Lipinski definition) is 1. The van der Waals surface area contributed by atoms with Crippen LogP contribution in [0, 0.1) is 0 Å². The Balaban J connectivity index is 4.31. The Morgan fingerprint density at radius 3 is 2.50 bits per heavy atom. The number of hydrogen-bond acceptors (Lipinski definition) is 5. The van der Waals surface area contributed by atoms with E-state index < -0.39 is 22.0 Å². The number of carbonyl (C=O) groups is 1. The van der Waals surface area contributed by atoms with Crippen LogP contribution in [0.25, 0.3) is 0 Å². The molecule has 84 valence electrons. The molecular formula is C7H14NO4S2-. The second-order valence-electron chi connectivity index (χ2n) is 2.67. The van der Waals surface area contributed by atoms with Gasteiger partial charge < -0.3 is 9.90 Å². The van der Waals surface area contributed by atoms with Crippen LogP contribution >= 0.6 is 11.8 Å². The van der Waals surface area contributed by atoms with Crippen LogP contribution in [0.15, 0.2) is 0 Å². The summed E-state index contributed by atoms with van der Waals surface area (Å²) in [5.74, 6) is -0.933. The third kappa shape index (κ3) is 5.46. The fourth-order valence-electron chi connectivity index (χ4n) is 0.761. The van der Waals surface area contributed by atoms with E-state index in [9.17, 15) is 18.3 Å². The number of carboxylic acid groups (broad SMARTS) is 1. The summed E-state index contributed by atoms with van der Waals surface area (Å²) in [5.41, 5.74) is 0. The Hall–Kier alpha value is -0.270. The van der Waals surface area contributed by atoms with Crippen molar-refractivity contribution in [3.8, 4) is 0 Å². The highest BCUT2D eigenvalue weighted by Crippen LogP contribution is 2.01. The normalized spacial score (nSPS) is 13.9. The summed E-state index contributed by atoms with van der Waals surface area (Å²) < 4.78 is 24.2. The predicted molar refractivity (Wildman–Crippen MR) is 54.4 cm³/mol. The van der Waals surface area contributed by atoms with Crippen molar-refractivity contribution in [2.45, 2.75) is 19.4 Å². The molecule has 1 N–H and O–H groups in total. The van der Waals surface area contributed by atoms with E-state index in [1.54, 1.807) is 0 Å². The molecule has 0 amide bonds. The summed E-state index contributed by atoms with van der Waals surface area (Å²) in [4.78, 5) is 10.6. The molecule has 0 aromatic rings. The van der Waals surface area contributed by atoms with Gasteiger partial charge in [0.2, 0.25) is 10.0 Å². The summed E-state index contributed by atoms with van der Waals surface area (Å²) >= 11 is 1.46. The van der Waals surface area contributed by atoms with Crippen LogP contribution in [0.1, 0.15) is 13.3 Å². The summed E-state index contributed by atoms with van der Waals surface area (Å²) in [6, 6.07) is -1.12. The molecule has 0 rings (SSSR count). The van der Waals surface area contributed by atoms with Crippen molar-refractivity contribution in [2.24, 2.45) is 0 Å². The fraction of sp³-hybridized carbons (Fsp3) is 0.857. The lowest BCUT2D eigenvalue weighted by molar-refractivity contribution is -0.308. The fourth-order valence-corrected chi connectivity index (χ4v) is 2.05. The molecule has 0 bridgehead atoms. The van der Waals surface area contributed by atoms with Crippen LogP contribution in [0.3, 0.4) is 0 Å². The van der Waals surface area contributed by atoms with Gasteiger partial charge >= 0.3 is 0 Å². The van der Waals surface area contributed by atoms with Gasteiger partial charge in [0.25, 0.3) is 0 Å². The molecule has 0 aliphatic carbocycles. The van der Waals surface area contributed by atoms with Gasteiger partial charge in [-0.1, -0.05) is 0 Å². The topological polar surface area (TPSA) is 86.3 Å². The second-order valence-corrected chi connectivity index (χ2v) is 5.70. The van der Waals surface area contributed by atoms with Gasteiger partial charge in [-0.3, -0.25) is 0 Å². The summed E-state index contributed by atoms with van der Waals surface area (Å²) in [6.45, 7) is 1.45. The molecule has 0 radical (unpaired) electrons. The van der Waals surface area contributed by atoms with Gasteiger partial charge in [-0.25, -0.2) is 13.1 Å². The first-order valence-corrected chi connectivity index (χ1v) is 7.17. The maximum atomic E-state index is 11.1. The highest BCUT2D eigenvalue weighted by Gasteiger charge is 2.16. The zero-order valence-corrected chi connectivity index (χ0v) is 9.78. The molecular weight excluding hydrogens is 226 g/mol. The van der Waals surface area contributed by atoms with E-state index in [0.717, 1.165) is 0 Å². The molecule has 0 heterocycles. The Bertz CT molecular complexity index is 275. The van der Waals surface area contributed by atoms with E-state index in [0.29, 0.717) is 5.75 Å². The molecule has 0 aliphatic rings. The lowest BCUT2D eigenvalue weighted by Crippen LogP contribution is -2.48. The first-order chi connectivity index (χ1) is 6.43. The van der Waals surface area contributed by atoms with E-state index in [1.165, 1.54) is 18.7 Å². The average molecular weight is 240 g/mol. The van der Waals surface area contributed by atoms with E-state index in [4.69, 9.17) is 0 Å². The average Bonchev–Trinajstić information content (AvgIpc) is 2.12. The van der Waals surface area contributed by atoms with Gasteiger partial charge in [0.1, 0.15) is 0 Å². The summed E-state index contributed by atoms with van der Waals surface area (Å²) in [5, 5.41) is 10.6. The van der Waals surface area contributed by atoms with E-state index >= 15 is 0 Å². The molecule has 0 aliphatic heterocycles. The molecule has 0 saturated carbocycles. The third-order valence-electron chi connectivity index (χ3n) is 1.60. The number of thioether (sulfide) groups is 1. The Kier molecular flexibility index (Phi) is 6.14. The van der Waals surface area contributed by atoms with Gasteiger partial charge in [-0.15, -0.1) is 0 Å². The lowest BCUT2D eigenvalue weighted by atomic mass is 10.2. The van der Waals surface area contributed by atoms with Gasteiger partial charge in [-0.05, 0) is 25.4 Å². The van der Waals surface area contributed by atoms with Gasteiger partial charge in [0.15, 0.2) is 0 Å². The minimum atomic E-state index is -3.47. The molecule has 0 aromatic carbocycles. The molecule has 0 spiro atoms. The van der Waals surface area contributed by atoms with Crippen molar-refractivity contribution < 1.29 is 18.3 Å². The highest BCUT2D eigenvalue weighted by atomic mass is 32.2. The minimum Gasteiger partial charge on any atom is -0.548 e. The maximum absolute atomic E-state index is 11.1. The van der Waals surface area contributed by atoms with Crippen molar-refractivity contribution in [3.63, 3.8) is 0 Å². The SMILES string of the molecule is CCS(=O)(=O)N[C@H](CCSC)C(=O)[O-].